The van der Waals surface area contributed by atoms with E-state index in [1.54, 1.807) is 24.3 Å². The van der Waals surface area contributed by atoms with Gasteiger partial charge in [-0.15, -0.1) is 12.4 Å². The van der Waals surface area contributed by atoms with Crippen molar-refractivity contribution in [3.8, 4) is 0 Å². The Morgan fingerprint density at radius 1 is 1.17 bits per heavy atom. The molecule has 0 atom stereocenters. The molecule has 1 aromatic carbocycles. The Kier molecular flexibility index (Phi) is 8.15. The molecule has 0 aromatic heterocycles. The second-order valence-corrected chi connectivity index (χ2v) is 7.82. The fourth-order valence-corrected chi connectivity index (χ4v) is 4.14. The van der Waals surface area contributed by atoms with Gasteiger partial charge in [-0.25, -0.2) is 8.42 Å². The summed E-state index contributed by atoms with van der Waals surface area (Å²) in [6.07, 6.45) is 1.13. The summed E-state index contributed by atoms with van der Waals surface area (Å²) in [5.41, 5.74) is 1.03. The van der Waals surface area contributed by atoms with Gasteiger partial charge in [-0.2, -0.15) is 4.31 Å². The first-order chi connectivity index (χ1) is 10.9. The molecule has 0 saturated carbocycles. The lowest BCUT2D eigenvalue weighted by molar-refractivity contribution is -0.126. The Morgan fingerprint density at radius 2 is 1.75 bits per heavy atom. The predicted octanol–water partition coefficient (Wildman–Crippen LogP) is 1.15. The van der Waals surface area contributed by atoms with Crippen molar-refractivity contribution in [2.45, 2.75) is 24.7 Å². The van der Waals surface area contributed by atoms with Gasteiger partial charge in [-0.05, 0) is 38.9 Å². The van der Waals surface area contributed by atoms with Crippen molar-refractivity contribution in [1.82, 2.24) is 14.9 Å². The van der Waals surface area contributed by atoms with Crippen LogP contribution in [0.15, 0.2) is 29.2 Å². The monoisotopic (exact) mass is 375 g/mol. The van der Waals surface area contributed by atoms with E-state index in [1.165, 1.54) is 4.31 Å². The van der Waals surface area contributed by atoms with Crippen molar-refractivity contribution in [2.24, 2.45) is 5.92 Å². The van der Waals surface area contributed by atoms with Crippen LogP contribution in [0.3, 0.4) is 0 Å². The molecule has 24 heavy (non-hydrogen) atoms. The number of hydrogen-bond donors (Lipinski definition) is 2. The molecular weight excluding hydrogens is 350 g/mol. The zero-order valence-electron chi connectivity index (χ0n) is 14.1. The average Bonchev–Trinajstić information content (AvgIpc) is 2.55. The molecule has 1 aliphatic heterocycles. The van der Waals surface area contributed by atoms with Gasteiger partial charge < -0.3 is 10.6 Å². The molecule has 2 N–H and O–H groups in total. The number of piperidine rings is 1. The number of nitrogens with one attached hydrogen (secondary N) is 2. The number of rotatable bonds is 6. The summed E-state index contributed by atoms with van der Waals surface area (Å²) in [7, 11) is -1.62. The van der Waals surface area contributed by atoms with Gasteiger partial charge in [-0.3, -0.25) is 4.79 Å². The molecule has 6 nitrogen and oxygen atoms in total. The molecule has 1 heterocycles. The van der Waals surface area contributed by atoms with Crippen molar-refractivity contribution in [3.63, 3.8) is 0 Å². The van der Waals surface area contributed by atoms with Crippen LogP contribution in [-0.4, -0.2) is 51.9 Å². The molecule has 1 saturated heterocycles. The number of benzene rings is 1. The number of carbonyl (C=O) groups is 1. The van der Waals surface area contributed by atoms with Gasteiger partial charge in [0.05, 0.1) is 4.90 Å². The minimum Gasteiger partial charge on any atom is -0.355 e. The third-order valence-electron chi connectivity index (χ3n) is 4.16. The standard InChI is InChI=1S/C16H25N3O3S.ClH/c1-13-3-5-15(6-4-13)23(21,22)19-11-7-14(8-12-19)16(20)18-10-9-17-2;/h3-6,14,17H,7-12H2,1-2H3,(H,18,20);1H. The molecule has 1 aromatic rings. The third-order valence-corrected chi connectivity index (χ3v) is 6.07. The number of halogens is 1. The summed E-state index contributed by atoms with van der Waals surface area (Å²) in [6, 6.07) is 6.88. The Morgan fingerprint density at radius 3 is 2.29 bits per heavy atom. The second kappa shape index (κ2) is 9.36. The van der Waals surface area contributed by atoms with Crippen LogP contribution in [0.4, 0.5) is 0 Å². The lowest BCUT2D eigenvalue weighted by Crippen LogP contribution is -2.43. The maximum absolute atomic E-state index is 12.6. The minimum absolute atomic E-state index is 0. The molecule has 136 valence electrons. The Labute approximate surface area is 150 Å². The predicted molar refractivity (Wildman–Crippen MR) is 96.8 cm³/mol. The topological polar surface area (TPSA) is 78.5 Å². The van der Waals surface area contributed by atoms with Crippen LogP contribution in [0.25, 0.3) is 0 Å². The SMILES string of the molecule is CNCCNC(=O)C1CCN(S(=O)(=O)c2ccc(C)cc2)CC1.Cl. The molecule has 0 aliphatic carbocycles. The van der Waals surface area contributed by atoms with Crippen molar-refractivity contribution in [2.75, 3.05) is 33.2 Å². The molecule has 0 radical (unpaired) electrons. The third kappa shape index (κ3) is 5.17. The van der Waals surface area contributed by atoms with E-state index in [4.69, 9.17) is 0 Å². The van der Waals surface area contributed by atoms with Crippen molar-refractivity contribution in [1.29, 1.82) is 0 Å². The Balaban J connectivity index is 0.00000288. The molecule has 8 heteroatoms. The highest BCUT2D eigenvalue weighted by atomic mass is 35.5. The lowest BCUT2D eigenvalue weighted by Gasteiger charge is -2.30. The number of carbonyl (C=O) groups excluding carboxylic acids is 1. The van der Waals surface area contributed by atoms with E-state index < -0.39 is 10.0 Å². The molecular formula is C16H26ClN3O3S. The van der Waals surface area contributed by atoms with E-state index in [0.717, 1.165) is 12.1 Å². The normalized spacial score (nSPS) is 16.4. The molecule has 1 amide bonds. The molecule has 2 rings (SSSR count). The van der Waals surface area contributed by atoms with Gasteiger partial charge in [0.15, 0.2) is 0 Å². The fraction of sp³-hybridized carbons (Fsp3) is 0.562. The summed E-state index contributed by atoms with van der Waals surface area (Å²) in [5.74, 6) is -0.0797. The van der Waals surface area contributed by atoms with Crippen LogP contribution in [0.1, 0.15) is 18.4 Å². The van der Waals surface area contributed by atoms with Crippen molar-refractivity contribution < 1.29 is 13.2 Å². The highest BCUT2D eigenvalue weighted by Crippen LogP contribution is 2.24. The first-order valence-corrected chi connectivity index (χ1v) is 9.38. The maximum atomic E-state index is 12.6. The fourth-order valence-electron chi connectivity index (χ4n) is 2.67. The van der Waals surface area contributed by atoms with Gasteiger partial charge >= 0.3 is 0 Å². The summed E-state index contributed by atoms with van der Waals surface area (Å²) in [5, 5.41) is 5.85. The van der Waals surface area contributed by atoms with Crippen molar-refractivity contribution >= 4 is 28.3 Å². The summed E-state index contributed by atoms with van der Waals surface area (Å²) < 4.78 is 26.7. The lowest BCUT2D eigenvalue weighted by atomic mass is 9.97. The summed E-state index contributed by atoms with van der Waals surface area (Å²) in [4.78, 5) is 12.3. The van der Waals surface area contributed by atoms with E-state index in [0.29, 0.717) is 37.4 Å². The largest absolute Gasteiger partial charge is 0.355 e. The molecule has 0 unspecified atom stereocenters. The van der Waals surface area contributed by atoms with Gasteiger partial charge in [-0.1, -0.05) is 17.7 Å². The highest BCUT2D eigenvalue weighted by molar-refractivity contribution is 7.89. The molecule has 1 aliphatic rings. The molecule has 0 bridgehead atoms. The van der Waals surface area contributed by atoms with Crippen molar-refractivity contribution in [3.05, 3.63) is 29.8 Å². The number of aryl methyl sites for hydroxylation is 1. The maximum Gasteiger partial charge on any atom is 0.243 e. The van der Waals surface area contributed by atoms with Gasteiger partial charge in [0.2, 0.25) is 15.9 Å². The Bertz CT molecular complexity index is 626. The number of sulfonamides is 1. The number of hydrogen-bond acceptors (Lipinski definition) is 4. The number of nitrogens with zero attached hydrogens (tertiary/aromatic N) is 1. The minimum atomic E-state index is -3.46. The van der Waals surface area contributed by atoms with E-state index in [-0.39, 0.29) is 24.2 Å². The van der Waals surface area contributed by atoms with Gasteiger partial charge in [0.1, 0.15) is 0 Å². The van der Waals surface area contributed by atoms with Crippen LogP contribution in [0.5, 0.6) is 0 Å². The van der Waals surface area contributed by atoms with E-state index in [9.17, 15) is 13.2 Å². The quantitative estimate of drug-likeness (QED) is 0.731. The zero-order valence-corrected chi connectivity index (χ0v) is 15.8. The van der Waals surface area contributed by atoms with Gasteiger partial charge in [0.25, 0.3) is 0 Å². The second-order valence-electron chi connectivity index (χ2n) is 5.89. The zero-order chi connectivity index (χ0) is 16.9. The van der Waals surface area contributed by atoms with Crippen LogP contribution >= 0.6 is 12.4 Å². The average molecular weight is 376 g/mol. The smallest absolute Gasteiger partial charge is 0.243 e. The van der Waals surface area contributed by atoms with Crippen LogP contribution in [-0.2, 0) is 14.8 Å². The summed E-state index contributed by atoms with van der Waals surface area (Å²) >= 11 is 0. The van der Waals surface area contributed by atoms with Gasteiger partial charge in [0, 0.05) is 32.1 Å². The molecule has 0 spiro atoms. The Hall–Kier alpha value is -1.15. The first-order valence-electron chi connectivity index (χ1n) is 7.94. The van der Waals surface area contributed by atoms with Crippen LogP contribution in [0, 0.1) is 12.8 Å². The first kappa shape index (κ1) is 20.9. The van der Waals surface area contributed by atoms with Crippen LogP contribution < -0.4 is 10.6 Å². The number of amides is 1. The van der Waals surface area contributed by atoms with E-state index >= 15 is 0 Å². The summed E-state index contributed by atoms with van der Waals surface area (Å²) in [6.45, 7) is 4.03. The molecule has 1 fully saturated rings. The number of likely N-dealkylation sites (N-methyl/N-ethyl adjacent to an activating group) is 1. The van der Waals surface area contributed by atoms with E-state index in [1.807, 2.05) is 14.0 Å². The highest BCUT2D eigenvalue weighted by Gasteiger charge is 2.31. The van der Waals surface area contributed by atoms with E-state index in [2.05, 4.69) is 10.6 Å². The van der Waals surface area contributed by atoms with Crippen LogP contribution in [0.2, 0.25) is 0 Å².